The molecule has 1 aliphatic rings. The van der Waals surface area contributed by atoms with Gasteiger partial charge in [0.05, 0.1) is 35.0 Å². The van der Waals surface area contributed by atoms with E-state index < -0.39 is 29.3 Å². The lowest BCUT2D eigenvalue weighted by Crippen LogP contribution is -2.30. The SMILES string of the molecule is COc1cc(/C(O)=C2\C(=O)C(=O)N(c3nc4ccc(F)cc4[nH]3)C2c2ccco2)ccc1Cl. The largest absolute Gasteiger partial charge is 0.507 e. The first-order valence-corrected chi connectivity index (χ1v) is 10.1. The van der Waals surface area contributed by atoms with Crippen molar-refractivity contribution >= 4 is 46.0 Å². The number of ketones is 1. The Morgan fingerprint density at radius 1 is 1.24 bits per heavy atom. The van der Waals surface area contributed by atoms with Crippen molar-refractivity contribution in [2.24, 2.45) is 0 Å². The second kappa shape index (κ2) is 7.79. The second-order valence-electron chi connectivity index (χ2n) is 7.26. The van der Waals surface area contributed by atoms with E-state index in [0.717, 1.165) is 4.90 Å². The highest BCUT2D eigenvalue weighted by Gasteiger charge is 2.49. The third kappa shape index (κ3) is 3.33. The number of nitrogens with one attached hydrogen (secondary N) is 1. The van der Waals surface area contributed by atoms with Gasteiger partial charge in [-0.15, -0.1) is 0 Å². The molecule has 1 amide bonds. The van der Waals surface area contributed by atoms with Crippen molar-refractivity contribution in [2.45, 2.75) is 6.04 Å². The Hall–Kier alpha value is -4.11. The average Bonchev–Trinajstić information content (AvgIpc) is 3.52. The summed E-state index contributed by atoms with van der Waals surface area (Å²) >= 11 is 6.07. The third-order valence-corrected chi connectivity index (χ3v) is 5.65. The van der Waals surface area contributed by atoms with Gasteiger partial charge in [-0.25, -0.2) is 9.37 Å². The summed E-state index contributed by atoms with van der Waals surface area (Å²) in [6.07, 6.45) is 1.38. The van der Waals surface area contributed by atoms with E-state index >= 15 is 0 Å². The number of fused-ring (bicyclic) bond motifs is 1. The molecule has 1 atom stereocenters. The smallest absolute Gasteiger partial charge is 0.302 e. The molecular formula is C23H15ClFN3O5. The molecule has 1 fully saturated rings. The van der Waals surface area contributed by atoms with Gasteiger partial charge in [0.2, 0.25) is 5.95 Å². The number of H-pyrrole nitrogens is 1. The molecule has 2 aromatic carbocycles. The standard InChI is InChI=1S/C23H15ClFN3O5/c1-32-17-9-11(4-6-13(17)24)20(29)18-19(16-3-2-8-33-16)28(22(31)21(18)30)23-26-14-7-5-12(25)10-15(14)27-23/h2-10,19,29H,1H3,(H,26,27)/b20-18+. The Morgan fingerprint density at radius 2 is 2.06 bits per heavy atom. The first kappa shape index (κ1) is 20.8. The normalized spacial score (nSPS) is 17.8. The molecule has 8 nitrogen and oxygen atoms in total. The summed E-state index contributed by atoms with van der Waals surface area (Å²) in [5.41, 5.74) is 0.755. The lowest BCUT2D eigenvalue weighted by Gasteiger charge is -2.20. The van der Waals surface area contributed by atoms with E-state index in [1.165, 1.54) is 49.8 Å². The van der Waals surface area contributed by atoms with E-state index in [-0.39, 0.29) is 28.6 Å². The van der Waals surface area contributed by atoms with Crippen LogP contribution in [0.3, 0.4) is 0 Å². The lowest BCUT2D eigenvalue weighted by atomic mass is 9.99. The molecule has 1 unspecified atom stereocenters. The van der Waals surface area contributed by atoms with E-state index in [1.54, 1.807) is 12.1 Å². The fraction of sp³-hybridized carbons (Fsp3) is 0.0870. The molecule has 10 heteroatoms. The first-order valence-electron chi connectivity index (χ1n) is 9.72. The van der Waals surface area contributed by atoms with Gasteiger partial charge in [0.25, 0.3) is 5.78 Å². The number of amides is 1. The number of aliphatic hydroxyl groups is 1. The quantitative estimate of drug-likeness (QED) is 0.258. The zero-order chi connectivity index (χ0) is 23.3. The van der Waals surface area contributed by atoms with E-state index in [9.17, 15) is 19.1 Å². The third-order valence-electron chi connectivity index (χ3n) is 5.34. The van der Waals surface area contributed by atoms with E-state index in [2.05, 4.69) is 9.97 Å². The highest BCUT2D eigenvalue weighted by Crippen LogP contribution is 2.42. The number of ether oxygens (including phenoxy) is 1. The Bertz CT molecular complexity index is 1440. The van der Waals surface area contributed by atoms with Crippen molar-refractivity contribution in [3.8, 4) is 5.75 Å². The van der Waals surface area contributed by atoms with Crippen LogP contribution in [0.5, 0.6) is 5.75 Å². The van der Waals surface area contributed by atoms with E-state index in [0.29, 0.717) is 16.1 Å². The van der Waals surface area contributed by atoms with Crippen LogP contribution in [-0.4, -0.2) is 33.9 Å². The van der Waals surface area contributed by atoms with Crippen molar-refractivity contribution in [3.05, 3.63) is 82.5 Å². The number of furan rings is 1. The number of aliphatic hydroxyl groups excluding tert-OH is 1. The average molecular weight is 468 g/mol. The summed E-state index contributed by atoms with van der Waals surface area (Å²) in [4.78, 5) is 34.5. The molecule has 33 heavy (non-hydrogen) atoms. The highest BCUT2D eigenvalue weighted by molar-refractivity contribution is 6.51. The monoisotopic (exact) mass is 467 g/mol. The molecular weight excluding hydrogens is 453 g/mol. The van der Waals surface area contributed by atoms with Gasteiger partial charge in [0, 0.05) is 5.56 Å². The van der Waals surface area contributed by atoms with E-state index in [4.69, 9.17) is 20.8 Å². The minimum Gasteiger partial charge on any atom is -0.507 e. The number of hydrogen-bond acceptors (Lipinski definition) is 6. The number of Topliss-reactive ketones (excluding diaryl/α,β-unsaturated/α-hetero) is 1. The number of carbonyl (C=O) groups is 2. The van der Waals surface area contributed by atoms with Crippen LogP contribution >= 0.6 is 11.6 Å². The topological polar surface area (TPSA) is 109 Å². The molecule has 2 N–H and O–H groups in total. The molecule has 0 aliphatic carbocycles. The minimum absolute atomic E-state index is 0.00633. The van der Waals surface area contributed by atoms with Gasteiger partial charge in [-0.1, -0.05) is 11.6 Å². The minimum atomic E-state index is -1.12. The van der Waals surface area contributed by atoms with Crippen molar-refractivity contribution in [3.63, 3.8) is 0 Å². The maximum absolute atomic E-state index is 13.7. The number of carbonyl (C=O) groups excluding carboxylic acids is 2. The Kier molecular flexibility index (Phi) is 4.90. The number of hydrogen-bond donors (Lipinski definition) is 2. The van der Waals surface area contributed by atoms with Crippen molar-refractivity contribution in [2.75, 3.05) is 12.0 Å². The number of halogens is 2. The zero-order valence-electron chi connectivity index (χ0n) is 17.0. The van der Waals surface area contributed by atoms with Crippen LogP contribution in [-0.2, 0) is 9.59 Å². The Morgan fingerprint density at radius 3 is 2.79 bits per heavy atom. The summed E-state index contributed by atoms with van der Waals surface area (Å²) in [6.45, 7) is 0. The molecule has 5 rings (SSSR count). The van der Waals surface area contributed by atoms with Gasteiger partial charge >= 0.3 is 5.91 Å². The van der Waals surface area contributed by atoms with Crippen LogP contribution < -0.4 is 9.64 Å². The predicted molar refractivity (Wildman–Crippen MR) is 118 cm³/mol. The molecule has 0 bridgehead atoms. The van der Waals surface area contributed by atoms with Crippen molar-refractivity contribution in [1.29, 1.82) is 0 Å². The van der Waals surface area contributed by atoms with Crippen molar-refractivity contribution in [1.82, 2.24) is 9.97 Å². The zero-order valence-corrected chi connectivity index (χ0v) is 17.8. The van der Waals surface area contributed by atoms with Crippen LogP contribution in [0, 0.1) is 5.82 Å². The molecule has 2 aromatic heterocycles. The predicted octanol–water partition coefficient (Wildman–Crippen LogP) is 4.58. The number of methoxy groups -OCH3 is 1. The molecule has 0 spiro atoms. The maximum atomic E-state index is 13.7. The summed E-state index contributed by atoms with van der Waals surface area (Å²) in [7, 11) is 1.41. The number of anilines is 1. The summed E-state index contributed by atoms with van der Waals surface area (Å²) < 4.78 is 24.3. The summed E-state index contributed by atoms with van der Waals surface area (Å²) in [5, 5.41) is 11.4. The molecule has 3 heterocycles. The lowest BCUT2D eigenvalue weighted by molar-refractivity contribution is -0.132. The Labute approximate surface area is 190 Å². The molecule has 166 valence electrons. The second-order valence-corrected chi connectivity index (χ2v) is 7.66. The van der Waals surface area contributed by atoms with Gasteiger partial charge in [0.1, 0.15) is 29.1 Å². The van der Waals surface area contributed by atoms with E-state index in [1.807, 2.05) is 0 Å². The van der Waals surface area contributed by atoms with Crippen LogP contribution in [0.1, 0.15) is 17.4 Å². The number of nitrogens with zero attached hydrogens (tertiary/aromatic N) is 2. The van der Waals surface area contributed by atoms with Crippen LogP contribution in [0.4, 0.5) is 10.3 Å². The fourth-order valence-electron chi connectivity index (χ4n) is 3.81. The van der Waals surface area contributed by atoms with Gasteiger partial charge < -0.3 is 19.2 Å². The molecule has 0 radical (unpaired) electrons. The van der Waals surface area contributed by atoms with Gasteiger partial charge in [-0.3, -0.25) is 14.5 Å². The highest BCUT2D eigenvalue weighted by atomic mass is 35.5. The molecule has 1 aliphatic heterocycles. The van der Waals surface area contributed by atoms with Crippen LogP contribution in [0.2, 0.25) is 5.02 Å². The first-order chi connectivity index (χ1) is 15.9. The molecule has 1 saturated heterocycles. The summed E-state index contributed by atoms with van der Waals surface area (Å²) in [6, 6.07) is 10.4. The summed E-state index contributed by atoms with van der Waals surface area (Å²) in [5.74, 6) is -2.28. The number of rotatable bonds is 4. The number of benzene rings is 2. The number of aromatic amines is 1. The van der Waals surface area contributed by atoms with Gasteiger partial charge in [-0.05, 0) is 48.5 Å². The number of aromatic nitrogens is 2. The maximum Gasteiger partial charge on any atom is 0.302 e. The van der Waals surface area contributed by atoms with Gasteiger partial charge in [0.15, 0.2) is 0 Å². The van der Waals surface area contributed by atoms with Gasteiger partial charge in [-0.2, -0.15) is 0 Å². The van der Waals surface area contributed by atoms with Crippen LogP contribution in [0.15, 0.2) is 64.8 Å². The fourth-order valence-corrected chi connectivity index (χ4v) is 4.01. The molecule has 0 saturated carbocycles. The molecule has 4 aromatic rings. The van der Waals surface area contributed by atoms with Crippen molar-refractivity contribution < 1.29 is 28.2 Å². The Balaban J connectivity index is 1.71. The van der Waals surface area contributed by atoms with Crippen LogP contribution in [0.25, 0.3) is 16.8 Å². The number of imidazole rings is 1.